The molecule has 0 bridgehead atoms. The number of carbonyl (C=O) groups excluding carboxylic acids is 1. The molecule has 1 atom stereocenters. The summed E-state index contributed by atoms with van der Waals surface area (Å²) in [7, 11) is -1.76. The van der Waals surface area contributed by atoms with Crippen molar-refractivity contribution in [3.8, 4) is 11.3 Å². The third kappa shape index (κ3) is 7.75. The van der Waals surface area contributed by atoms with Crippen molar-refractivity contribution in [2.24, 2.45) is 5.92 Å². The molecule has 9 heteroatoms. The Balaban J connectivity index is 1.65. The zero-order valence-electron chi connectivity index (χ0n) is 23.4. The Morgan fingerprint density at radius 3 is 2.30 bits per heavy atom. The molecule has 0 aliphatic heterocycles. The fraction of sp³-hybridized carbons (Fsp3) is 0.419. The van der Waals surface area contributed by atoms with E-state index in [1.54, 1.807) is 19.2 Å². The van der Waals surface area contributed by atoms with Crippen LogP contribution < -0.4 is 5.32 Å². The van der Waals surface area contributed by atoms with Crippen LogP contribution in [0.15, 0.2) is 59.0 Å². The van der Waals surface area contributed by atoms with E-state index in [9.17, 15) is 18.0 Å². The van der Waals surface area contributed by atoms with Crippen LogP contribution in [0.2, 0.25) is 0 Å². The fourth-order valence-corrected chi connectivity index (χ4v) is 6.01. The molecule has 1 unspecified atom stereocenters. The smallest absolute Gasteiger partial charge is 0.305 e. The van der Waals surface area contributed by atoms with Crippen LogP contribution in [0, 0.1) is 12.8 Å². The quantitative estimate of drug-likeness (QED) is 0.289. The summed E-state index contributed by atoms with van der Waals surface area (Å²) in [6, 6.07) is 16.9. The highest BCUT2D eigenvalue weighted by atomic mass is 32.2. The van der Waals surface area contributed by atoms with Crippen molar-refractivity contribution in [2.75, 3.05) is 25.2 Å². The van der Waals surface area contributed by atoms with Crippen LogP contribution in [0.3, 0.4) is 0 Å². The summed E-state index contributed by atoms with van der Waals surface area (Å²) in [5.41, 5.74) is 4.15. The van der Waals surface area contributed by atoms with Gasteiger partial charge in [-0.25, -0.2) is 8.42 Å². The lowest BCUT2D eigenvalue weighted by atomic mass is 9.81. The number of nitrogens with zero attached hydrogens (tertiary/aromatic N) is 1. The Morgan fingerprint density at radius 1 is 1.05 bits per heavy atom. The Kier molecular flexibility index (Phi) is 9.35. The molecule has 1 heterocycles. The number of nitrogens with one attached hydrogen (secondary N) is 1. The summed E-state index contributed by atoms with van der Waals surface area (Å²) in [5, 5.41) is 12.6. The lowest BCUT2D eigenvalue weighted by molar-refractivity contribution is -0.137. The van der Waals surface area contributed by atoms with E-state index in [4.69, 9.17) is 9.52 Å². The van der Waals surface area contributed by atoms with Crippen molar-refractivity contribution >= 4 is 27.4 Å². The summed E-state index contributed by atoms with van der Waals surface area (Å²) in [5.74, 6) is 0.00100. The van der Waals surface area contributed by atoms with E-state index in [0.717, 1.165) is 48.1 Å². The predicted molar refractivity (Wildman–Crippen MR) is 156 cm³/mol. The topological polar surface area (TPSA) is 117 Å². The predicted octanol–water partition coefficient (Wildman–Crippen LogP) is 6.08. The van der Waals surface area contributed by atoms with E-state index in [1.807, 2.05) is 49.4 Å². The number of hydrogen-bond acceptors (Lipinski definition) is 6. The van der Waals surface area contributed by atoms with Crippen LogP contribution in [0.1, 0.15) is 71.8 Å². The van der Waals surface area contributed by atoms with E-state index in [0.29, 0.717) is 23.0 Å². The van der Waals surface area contributed by atoms with Crippen LogP contribution in [0.5, 0.6) is 0 Å². The van der Waals surface area contributed by atoms with Gasteiger partial charge in [-0.15, -0.1) is 0 Å². The average molecular weight is 567 g/mol. The van der Waals surface area contributed by atoms with Crippen LogP contribution in [0.4, 0.5) is 5.69 Å². The minimum atomic E-state index is -3.35. The molecule has 214 valence electrons. The summed E-state index contributed by atoms with van der Waals surface area (Å²) < 4.78 is 31.0. The standard InChI is InChI=1S/C31H38N2O6S/c1-21-9-11-22(12-10-21)27-19-26(28(39-27)20-40(3,37)38)30(23-7-5-4-6-8-23)32-25-15-13-24(14-16-25)31(36)33(2)18-17-29(34)35/h9-16,19,23,30,32H,4-8,17-18,20H2,1-3H3,(H,34,35). The SMILES string of the molecule is Cc1ccc(-c2cc(C(Nc3ccc(C(=O)N(C)CCC(=O)O)cc3)C3CCCCC3)c(CS(C)(=O)=O)o2)cc1. The van der Waals surface area contributed by atoms with Crippen molar-refractivity contribution in [3.05, 3.63) is 77.0 Å². The first kappa shape index (κ1) is 29.4. The summed E-state index contributed by atoms with van der Waals surface area (Å²) in [6.07, 6.45) is 6.56. The van der Waals surface area contributed by atoms with Crippen molar-refractivity contribution in [1.29, 1.82) is 0 Å². The lowest BCUT2D eigenvalue weighted by Gasteiger charge is -2.32. The second-order valence-corrected chi connectivity index (χ2v) is 13.0. The molecule has 1 amide bonds. The maximum absolute atomic E-state index is 12.7. The number of carbonyl (C=O) groups is 2. The number of furan rings is 1. The highest BCUT2D eigenvalue weighted by molar-refractivity contribution is 7.89. The minimum Gasteiger partial charge on any atom is -0.481 e. The van der Waals surface area contributed by atoms with Crippen LogP contribution in [-0.2, 0) is 20.4 Å². The molecule has 1 saturated carbocycles. The van der Waals surface area contributed by atoms with Crippen molar-refractivity contribution < 1.29 is 27.5 Å². The van der Waals surface area contributed by atoms with Gasteiger partial charge in [-0.2, -0.15) is 0 Å². The van der Waals surface area contributed by atoms with Gasteiger partial charge in [-0.1, -0.05) is 49.1 Å². The number of amides is 1. The minimum absolute atomic E-state index is 0.115. The second-order valence-electron chi connectivity index (χ2n) is 10.9. The highest BCUT2D eigenvalue weighted by Gasteiger charge is 2.31. The maximum atomic E-state index is 12.7. The van der Waals surface area contributed by atoms with Gasteiger partial charge in [-0.3, -0.25) is 9.59 Å². The van der Waals surface area contributed by atoms with Crippen molar-refractivity contribution in [3.63, 3.8) is 0 Å². The number of hydrogen-bond donors (Lipinski definition) is 2. The molecule has 1 aliphatic carbocycles. The van der Waals surface area contributed by atoms with Crippen LogP contribution in [0.25, 0.3) is 11.3 Å². The number of anilines is 1. The molecule has 2 aromatic carbocycles. The second kappa shape index (κ2) is 12.7. The molecule has 0 radical (unpaired) electrons. The molecule has 2 N–H and O–H groups in total. The molecule has 1 fully saturated rings. The number of carboxylic acids is 1. The molecule has 40 heavy (non-hydrogen) atoms. The average Bonchev–Trinajstić information content (AvgIpc) is 3.32. The zero-order valence-corrected chi connectivity index (χ0v) is 24.2. The molecule has 0 saturated heterocycles. The molecular formula is C31H38N2O6S. The normalized spacial score (nSPS) is 15.0. The van der Waals surface area contributed by atoms with Crippen LogP contribution in [-0.4, -0.2) is 50.1 Å². The molecular weight excluding hydrogens is 528 g/mol. The first-order chi connectivity index (χ1) is 19.0. The monoisotopic (exact) mass is 566 g/mol. The maximum Gasteiger partial charge on any atom is 0.305 e. The Bertz CT molecular complexity index is 1420. The van der Waals surface area contributed by atoms with Crippen molar-refractivity contribution in [1.82, 2.24) is 4.90 Å². The molecule has 4 rings (SSSR count). The third-order valence-electron chi connectivity index (χ3n) is 7.49. The Morgan fingerprint density at radius 2 is 1.70 bits per heavy atom. The molecule has 1 aliphatic rings. The summed E-state index contributed by atoms with van der Waals surface area (Å²) in [4.78, 5) is 25.0. The number of carboxylic acid groups (broad SMARTS) is 1. The largest absolute Gasteiger partial charge is 0.481 e. The third-order valence-corrected chi connectivity index (χ3v) is 8.28. The van der Waals surface area contributed by atoms with Gasteiger partial charge >= 0.3 is 5.97 Å². The number of aryl methyl sites for hydroxylation is 1. The molecule has 8 nitrogen and oxygen atoms in total. The summed E-state index contributed by atoms with van der Waals surface area (Å²) >= 11 is 0. The number of benzene rings is 2. The van der Waals surface area contributed by atoms with Gasteiger partial charge in [0.15, 0.2) is 9.84 Å². The number of aliphatic carboxylic acids is 1. The summed E-state index contributed by atoms with van der Waals surface area (Å²) in [6.45, 7) is 2.15. The number of rotatable bonds is 11. The van der Waals surface area contributed by atoms with Crippen molar-refractivity contribution in [2.45, 2.75) is 57.2 Å². The van der Waals surface area contributed by atoms with E-state index in [1.165, 1.54) is 17.6 Å². The molecule has 1 aromatic heterocycles. The number of sulfone groups is 1. The van der Waals surface area contributed by atoms with Gasteiger partial charge in [0.25, 0.3) is 5.91 Å². The fourth-order valence-electron chi connectivity index (χ4n) is 5.31. The zero-order chi connectivity index (χ0) is 28.9. The Labute approximate surface area is 236 Å². The van der Waals surface area contributed by atoms with Gasteiger partial charge < -0.3 is 19.7 Å². The van der Waals surface area contributed by atoms with Gasteiger partial charge in [0, 0.05) is 42.2 Å². The van der Waals surface area contributed by atoms with Gasteiger partial charge in [-0.05, 0) is 56.0 Å². The van der Waals surface area contributed by atoms with Gasteiger partial charge in [0.05, 0.1) is 12.5 Å². The van der Waals surface area contributed by atoms with Gasteiger partial charge in [0.1, 0.15) is 17.3 Å². The highest BCUT2D eigenvalue weighted by Crippen LogP contribution is 2.41. The Hall–Kier alpha value is -3.59. The van der Waals surface area contributed by atoms with Gasteiger partial charge in [0.2, 0.25) is 0 Å². The van der Waals surface area contributed by atoms with Crippen LogP contribution >= 0.6 is 0 Å². The van der Waals surface area contributed by atoms with E-state index in [2.05, 4.69) is 5.32 Å². The first-order valence-electron chi connectivity index (χ1n) is 13.7. The molecule has 3 aromatic rings. The first-order valence-corrected chi connectivity index (χ1v) is 15.8. The van der Waals surface area contributed by atoms with E-state index < -0.39 is 15.8 Å². The molecule has 0 spiro atoms. The lowest BCUT2D eigenvalue weighted by Crippen LogP contribution is -2.29. The van der Waals surface area contributed by atoms with E-state index in [-0.39, 0.29) is 30.7 Å². The van der Waals surface area contributed by atoms with E-state index >= 15 is 0 Å².